The van der Waals surface area contributed by atoms with Crippen LogP contribution in [0.3, 0.4) is 0 Å². The Hall–Kier alpha value is -0.780. The number of hydrogen-bond acceptors (Lipinski definition) is 2. The van der Waals surface area contributed by atoms with E-state index in [0.29, 0.717) is 18.7 Å². The molecule has 1 saturated heterocycles. The lowest BCUT2D eigenvalue weighted by Gasteiger charge is -2.30. The van der Waals surface area contributed by atoms with Crippen LogP contribution in [0.15, 0.2) is 18.2 Å². The van der Waals surface area contributed by atoms with E-state index in [2.05, 4.69) is 0 Å². The van der Waals surface area contributed by atoms with Crippen LogP contribution in [0.5, 0.6) is 0 Å². The molecule has 1 aromatic rings. The van der Waals surface area contributed by atoms with Crippen molar-refractivity contribution in [2.24, 2.45) is 0 Å². The van der Waals surface area contributed by atoms with Crippen LogP contribution in [0.2, 0.25) is 5.02 Å². The zero-order chi connectivity index (χ0) is 14.0. The Kier molecular flexibility index (Phi) is 4.38. The fraction of sp³-hybridized carbons (Fsp3) is 0.538. The van der Waals surface area contributed by atoms with Crippen LogP contribution < -0.4 is 0 Å². The number of halogens is 4. The van der Waals surface area contributed by atoms with Gasteiger partial charge < -0.3 is 5.11 Å². The highest BCUT2D eigenvalue weighted by Crippen LogP contribution is 2.35. The van der Waals surface area contributed by atoms with Crippen molar-refractivity contribution < 1.29 is 18.3 Å². The Balaban J connectivity index is 2.13. The van der Waals surface area contributed by atoms with Gasteiger partial charge >= 0.3 is 6.18 Å². The number of alkyl halides is 3. The summed E-state index contributed by atoms with van der Waals surface area (Å²) in [5.41, 5.74) is -0.241. The molecule has 0 aliphatic carbocycles. The van der Waals surface area contributed by atoms with Crippen molar-refractivity contribution in [3.05, 3.63) is 34.3 Å². The Morgan fingerprint density at radius 1 is 1.37 bits per heavy atom. The average molecular weight is 294 g/mol. The van der Waals surface area contributed by atoms with E-state index in [1.165, 1.54) is 6.07 Å². The minimum Gasteiger partial charge on any atom is -0.392 e. The molecule has 1 atom stereocenters. The Morgan fingerprint density at radius 2 is 2.11 bits per heavy atom. The molecule has 106 valence electrons. The quantitative estimate of drug-likeness (QED) is 0.904. The second kappa shape index (κ2) is 5.69. The van der Waals surface area contributed by atoms with E-state index >= 15 is 0 Å². The fourth-order valence-electron chi connectivity index (χ4n) is 2.32. The summed E-state index contributed by atoms with van der Waals surface area (Å²) in [7, 11) is 0. The molecule has 0 saturated carbocycles. The molecule has 19 heavy (non-hydrogen) atoms. The SMILES string of the molecule is OC1CCCN(Cc2ccc(Cl)c(C(F)(F)F)c2)C1. The molecule has 1 aromatic carbocycles. The Morgan fingerprint density at radius 3 is 2.74 bits per heavy atom. The molecule has 1 N–H and O–H groups in total. The summed E-state index contributed by atoms with van der Waals surface area (Å²) in [5.74, 6) is 0. The van der Waals surface area contributed by atoms with Gasteiger partial charge in [0.2, 0.25) is 0 Å². The van der Waals surface area contributed by atoms with Crippen molar-refractivity contribution in [3.8, 4) is 0 Å². The summed E-state index contributed by atoms with van der Waals surface area (Å²) in [4.78, 5) is 1.96. The lowest BCUT2D eigenvalue weighted by Crippen LogP contribution is -2.37. The van der Waals surface area contributed by atoms with Gasteiger partial charge in [-0.1, -0.05) is 17.7 Å². The third-order valence-electron chi connectivity index (χ3n) is 3.22. The molecule has 0 spiro atoms. The number of hydrogen-bond donors (Lipinski definition) is 1. The summed E-state index contributed by atoms with van der Waals surface area (Å²) in [5, 5.41) is 9.26. The van der Waals surface area contributed by atoms with Crippen LogP contribution in [-0.2, 0) is 12.7 Å². The number of aliphatic hydroxyl groups excluding tert-OH is 1. The number of β-amino-alcohol motifs (C(OH)–C–C–N with tert-alkyl or cyclic N) is 1. The van der Waals surface area contributed by atoms with Gasteiger partial charge in [-0.25, -0.2) is 0 Å². The number of rotatable bonds is 2. The van der Waals surface area contributed by atoms with Crippen LogP contribution >= 0.6 is 11.6 Å². The van der Waals surface area contributed by atoms with E-state index < -0.39 is 11.7 Å². The van der Waals surface area contributed by atoms with E-state index in [4.69, 9.17) is 11.6 Å². The standard InChI is InChI=1S/C13H15ClF3NO/c14-12-4-3-9(6-11(12)13(15,16)17)7-18-5-1-2-10(19)8-18/h3-4,6,10,19H,1-2,5,7-8H2. The third kappa shape index (κ3) is 3.84. The van der Waals surface area contributed by atoms with Crippen LogP contribution in [0, 0.1) is 0 Å². The van der Waals surface area contributed by atoms with Crippen LogP contribution in [0.1, 0.15) is 24.0 Å². The molecule has 1 unspecified atom stereocenters. The van der Waals surface area contributed by atoms with Crippen molar-refractivity contribution in [2.75, 3.05) is 13.1 Å². The molecule has 0 aromatic heterocycles. The van der Waals surface area contributed by atoms with E-state index in [-0.39, 0.29) is 11.1 Å². The molecule has 0 bridgehead atoms. The first-order valence-electron chi connectivity index (χ1n) is 6.12. The molecule has 0 radical (unpaired) electrons. The molecule has 1 aliphatic heterocycles. The van der Waals surface area contributed by atoms with Gasteiger partial charge in [-0.2, -0.15) is 13.2 Å². The zero-order valence-corrected chi connectivity index (χ0v) is 11.0. The fourth-order valence-corrected chi connectivity index (χ4v) is 2.55. The van der Waals surface area contributed by atoms with Gasteiger partial charge in [0.1, 0.15) is 0 Å². The smallest absolute Gasteiger partial charge is 0.392 e. The molecular weight excluding hydrogens is 279 g/mol. The summed E-state index contributed by atoms with van der Waals surface area (Å²) >= 11 is 5.57. The first kappa shape index (κ1) is 14.6. The molecule has 1 aliphatic rings. The minimum absolute atomic E-state index is 0.282. The normalized spacial score (nSPS) is 21.6. The maximum absolute atomic E-state index is 12.7. The highest BCUT2D eigenvalue weighted by atomic mass is 35.5. The van der Waals surface area contributed by atoms with Gasteiger partial charge in [-0.05, 0) is 37.1 Å². The van der Waals surface area contributed by atoms with Crippen LogP contribution in [0.25, 0.3) is 0 Å². The number of nitrogens with zero attached hydrogens (tertiary/aromatic N) is 1. The van der Waals surface area contributed by atoms with Crippen molar-refractivity contribution in [3.63, 3.8) is 0 Å². The first-order valence-corrected chi connectivity index (χ1v) is 6.50. The van der Waals surface area contributed by atoms with Crippen molar-refractivity contribution in [2.45, 2.75) is 31.7 Å². The first-order chi connectivity index (χ1) is 8.86. The zero-order valence-electron chi connectivity index (χ0n) is 10.3. The summed E-state index contributed by atoms with van der Waals surface area (Å²) in [6.45, 7) is 1.70. The Labute approximate surface area is 114 Å². The van der Waals surface area contributed by atoms with E-state index in [1.807, 2.05) is 4.90 Å². The summed E-state index contributed by atoms with van der Waals surface area (Å²) < 4.78 is 38.2. The van der Waals surface area contributed by atoms with Crippen molar-refractivity contribution >= 4 is 11.6 Å². The van der Waals surface area contributed by atoms with Gasteiger partial charge in [0.25, 0.3) is 0 Å². The molecule has 1 fully saturated rings. The van der Waals surface area contributed by atoms with Gasteiger partial charge in [0.15, 0.2) is 0 Å². The summed E-state index contributed by atoms with van der Waals surface area (Å²) in [6.07, 6.45) is -3.21. The maximum atomic E-state index is 12.7. The van der Waals surface area contributed by atoms with Gasteiger partial charge in [-0.3, -0.25) is 4.90 Å². The van der Waals surface area contributed by atoms with E-state index in [1.54, 1.807) is 6.07 Å². The predicted molar refractivity (Wildman–Crippen MR) is 67.0 cm³/mol. The van der Waals surface area contributed by atoms with Crippen molar-refractivity contribution in [1.82, 2.24) is 4.90 Å². The molecule has 2 nitrogen and oxygen atoms in total. The largest absolute Gasteiger partial charge is 0.417 e. The van der Waals surface area contributed by atoms with Gasteiger partial charge in [0, 0.05) is 13.1 Å². The van der Waals surface area contributed by atoms with Crippen LogP contribution in [0.4, 0.5) is 13.2 Å². The molecular formula is C13H15ClF3NO. The topological polar surface area (TPSA) is 23.5 Å². The second-order valence-electron chi connectivity index (χ2n) is 4.84. The van der Waals surface area contributed by atoms with E-state index in [9.17, 15) is 18.3 Å². The third-order valence-corrected chi connectivity index (χ3v) is 3.55. The molecule has 0 amide bonds. The van der Waals surface area contributed by atoms with Crippen LogP contribution in [-0.4, -0.2) is 29.2 Å². The lowest BCUT2D eigenvalue weighted by molar-refractivity contribution is -0.137. The predicted octanol–water partition coefficient (Wildman–Crippen LogP) is 3.32. The van der Waals surface area contributed by atoms with Crippen molar-refractivity contribution in [1.29, 1.82) is 0 Å². The molecule has 6 heteroatoms. The lowest BCUT2D eigenvalue weighted by atomic mass is 10.1. The molecule has 2 rings (SSSR count). The number of likely N-dealkylation sites (tertiary alicyclic amines) is 1. The minimum atomic E-state index is -4.44. The van der Waals surface area contributed by atoms with E-state index in [0.717, 1.165) is 25.5 Å². The highest BCUT2D eigenvalue weighted by Gasteiger charge is 2.33. The number of aliphatic hydroxyl groups is 1. The number of piperidine rings is 1. The summed E-state index contributed by atoms with van der Waals surface area (Å²) in [6, 6.07) is 3.96. The molecule has 1 heterocycles. The van der Waals surface area contributed by atoms with Gasteiger partial charge in [-0.15, -0.1) is 0 Å². The number of benzene rings is 1. The monoisotopic (exact) mass is 293 g/mol. The van der Waals surface area contributed by atoms with Gasteiger partial charge in [0.05, 0.1) is 16.7 Å². The maximum Gasteiger partial charge on any atom is 0.417 e. The average Bonchev–Trinajstić information content (AvgIpc) is 2.30. The second-order valence-corrected chi connectivity index (χ2v) is 5.25. The highest BCUT2D eigenvalue weighted by molar-refractivity contribution is 6.31. The Bertz CT molecular complexity index is 450.